The molecule has 0 radical (unpaired) electrons. The molecule has 16 nitrogen and oxygen atoms in total. The molecular weight excluding hydrogens is 947 g/mol. The van der Waals surface area contributed by atoms with Gasteiger partial charge in [0.05, 0.1) is 22.8 Å². The van der Waals surface area contributed by atoms with Crippen LogP contribution >= 0.6 is 0 Å². The molecule has 0 unspecified atom stereocenters. The first-order chi connectivity index (χ1) is 31.5. The van der Waals surface area contributed by atoms with Gasteiger partial charge in [-0.05, 0) is 89.9 Å². The van der Waals surface area contributed by atoms with E-state index in [1.54, 1.807) is 36.4 Å². The number of carbonyl (C=O) groups excluding carboxylic acids is 2. The van der Waals surface area contributed by atoms with Crippen LogP contribution in [0.1, 0.15) is 98.5 Å². The second kappa shape index (κ2) is 23.1. The van der Waals surface area contributed by atoms with Gasteiger partial charge >= 0.3 is 59.1 Å². The van der Waals surface area contributed by atoms with Crippen LogP contribution in [0.3, 0.4) is 0 Å². The topological polar surface area (TPSA) is 251 Å². The van der Waals surface area contributed by atoms with E-state index in [1.165, 1.54) is 23.8 Å². The summed E-state index contributed by atoms with van der Waals surface area (Å²) in [5, 5.41) is 36.2. The molecule has 20 heteroatoms. The minimum absolute atomic E-state index is 0. The number of nitrogens with one attached hydrogen (secondary N) is 2. The van der Waals surface area contributed by atoms with Gasteiger partial charge in [0.25, 0.3) is 26.1 Å². The Kier molecular flexibility index (Phi) is 19.1. The number of nitrogens with zero attached hydrogens (tertiary/aromatic N) is 2. The predicted octanol–water partition coefficient (Wildman–Crippen LogP) is 5.26. The molecule has 0 saturated carbocycles. The number of phenolic OH excluding ortho intramolecular Hbond substituents is 2. The van der Waals surface area contributed by atoms with Gasteiger partial charge in [-0.2, -0.15) is 16.8 Å². The monoisotopic (exact) mass is 1000 g/mol. The molecule has 0 aliphatic carbocycles. The van der Waals surface area contributed by atoms with Crippen molar-refractivity contribution in [1.29, 1.82) is 0 Å². The maximum absolute atomic E-state index is 13.7. The average molecular weight is 1000 g/mol. The molecule has 0 saturated heterocycles. The number of azo groups is 1. The van der Waals surface area contributed by atoms with Crippen LogP contribution in [-0.4, -0.2) is 61.1 Å². The van der Waals surface area contributed by atoms with Crippen molar-refractivity contribution in [1.82, 2.24) is 5.32 Å². The molecule has 6 aromatic carbocycles. The van der Waals surface area contributed by atoms with Gasteiger partial charge in [0.1, 0.15) is 33.5 Å². The van der Waals surface area contributed by atoms with E-state index in [0.29, 0.717) is 30.2 Å². The Morgan fingerprint density at radius 1 is 0.725 bits per heavy atom. The van der Waals surface area contributed by atoms with Crippen molar-refractivity contribution < 1.29 is 117 Å². The molecule has 0 fully saturated rings. The molecule has 0 aliphatic heterocycles. The standard InChI is InChI=1S/C49H54N4O12S2.2Na.2H/c1-8-48(4,5)31-20-21-39(36(26-31)49(6,7)9-2)64-23-15-14-22-50-47(57)35-28-41(33-16-10-11-17-34(33)45(35)55)65-40-19-13-12-18-37(40)52-53-44-42(67(61,62)63)25-30-24-32(66(58,59)60)27-38(51-29(3)54)43(30)46(44)56;;;;/h10-13,16-21,24-28,55-56H,8-9,14-15,22-23H2,1-7H3,(H,50,57)(H,51,54)(H,58,59,60)(H,61,62,63);;;;/q;2*+1;2*-1. The average Bonchev–Trinajstić information content (AvgIpc) is 3.27. The van der Waals surface area contributed by atoms with Crippen LogP contribution in [0.15, 0.2) is 111 Å². The van der Waals surface area contributed by atoms with Gasteiger partial charge in [0, 0.05) is 35.2 Å². The van der Waals surface area contributed by atoms with Gasteiger partial charge < -0.3 is 33.2 Å². The Bertz CT molecular complexity index is 3180. The maximum atomic E-state index is 13.7. The van der Waals surface area contributed by atoms with E-state index in [0.717, 1.165) is 49.3 Å². The number of unbranched alkanes of at least 4 members (excludes halogenated alkanes) is 1. The number of anilines is 1. The molecule has 2 amide bonds. The third-order valence-corrected chi connectivity index (χ3v) is 13.6. The fraction of sp³-hybridized carbons (Fsp3) is 0.306. The first-order valence-corrected chi connectivity index (χ1v) is 24.4. The van der Waals surface area contributed by atoms with Gasteiger partial charge in [-0.25, -0.2) is 0 Å². The molecule has 0 heterocycles. The summed E-state index contributed by atoms with van der Waals surface area (Å²) in [7, 11) is -10.1. The zero-order valence-corrected chi connectivity index (χ0v) is 45.8. The molecule has 358 valence electrons. The van der Waals surface area contributed by atoms with Crippen LogP contribution in [0.5, 0.6) is 28.7 Å². The van der Waals surface area contributed by atoms with Gasteiger partial charge in [-0.3, -0.25) is 18.7 Å². The molecule has 0 spiro atoms. The van der Waals surface area contributed by atoms with Crippen molar-refractivity contribution in [2.45, 2.75) is 94.8 Å². The van der Waals surface area contributed by atoms with Crippen LogP contribution < -0.4 is 79.2 Å². The Morgan fingerprint density at radius 3 is 2.01 bits per heavy atom. The Hall–Kier alpha value is -4.60. The SMILES string of the molecule is CCC(C)(C)c1ccc(OCCCCNC(=O)c2cc(Oc3ccccc3N=Nc3c(S(=O)(=O)O)cc4cc(S(=O)(=O)O)cc(NC(C)=O)c4c3O)c3ccccc3c2O)c(C(C)(C)CC)c1.[H-].[H-].[Na+].[Na+]. The molecule has 0 atom stereocenters. The number of aromatic hydroxyl groups is 2. The number of amides is 2. The fourth-order valence-corrected chi connectivity index (χ4v) is 8.53. The maximum Gasteiger partial charge on any atom is 1.00 e. The van der Waals surface area contributed by atoms with Gasteiger partial charge in [0.2, 0.25) is 5.91 Å². The first kappa shape index (κ1) is 57.0. The molecule has 0 aromatic heterocycles. The summed E-state index contributed by atoms with van der Waals surface area (Å²) in [6.45, 7) is 15.1. The Balaban J connectivity index is 0.00000432. The molecule has 6 N–H and O–H groups in total. The molecule has 6 rings (SSSR count). The van der Waals surface area contributed by atoms with E-state index < -0.39 is 53.3 Å². The number of ether oxygens (including phenoxy) is 2. The fourth-order valence-electron chi connectivity index (χ4n) is 7.33. The predicted molar refractivity (Wildman–Crippen MR) is 258 cm³/mol. The molecule has 0 aliphatic rings. The third-order valence-electron chi connectivity index (χ3n) is 11.9. The smallest absolute Gasteiger partial charge is 1.00 e. The van der Waals surface area contributed by atoms with E-state index in [9.17, 15) is 45.7 Å². The number of rotatable bonds is 18. The van der Waals surface area contributed by atoms with E-state index in [-0.39, 0.29) is 124 Å². The summed E-state index contributed by atoms with van der Waals surface area (Å²) in [5.41, 5.74) is 1.15. The minimum Gasteiger partial charge on any atom is -1.00 e. The zero-order chi connectivity index (χ0) is 49.1. The van der Waals surface area contributed by atoms with Crippen LogP contribution in [0.4, 0.5) is 17.1 Å². The van der Waals surface area contributed by atoms with Crippen LogP contribution in [0, 0.1) is 0 Å². The van der Waals surface area contributed by atoms with Gasteiger partial charge in [0.15, 0.2) is 11.5 Å². The van der Waals surface area contributed by atoms with Crippen molar-refractivity contribution in [2.75, 3.05) is 18.5 Å². The number of para-hydroxylation sites is 1. The quantitative estimate of drug-likeness (QED) is 0.0279. The van der Waals surface area contributed by atoms with Gasteiger partial charge in [-0.15, -0.1) is 10.2 Å². The van der Waals surface area contributed by atoms with Crippen molar-refractivity contribution in [3.63, 3.8) is 0 Å². The van der Waals surface area contributed by atoms with Crippen LogP contribution in [0.2, 0.25) is 0 Å². The Labute approximate surface area is 449 Å². The van der Waals surface area contributed by atoms with Crippen molar-refractivity contribution in [3.05, 3.63) is 108 Å². The van der Waals surface area contributed by atoms with Crippen molar-refractivity contribution >= 4 is 70.7 Å². The summed E-state index contributed by atoms with van der Waals surface area (Å²) >= 11 is 0. The molecular formula is C49H56N4Na2O12S2. The number of benzene rings is 6. The largest absolute Gasteiger partial charge is 1.00 e. The first-order valence-electron chi connectivity index (χ1n) is 21.5. The van der Waals surface area contributed by atoms with Crippen LogP contribution in [0.25, 0.3) is 21.5 Å². The second-order valence-electron chi connectivity index (χ2n) is 17.4. The summed E-state index contributed by atoms with van der Waals surface area (Å²) in [6.07, 6.45) is 3.17. The number of hydrogen-bond acceptors (Lipinski definition) is 12. The van der Waals surface area contributed by atoms with Crippen LogP contribution in [-0.2, 0) is 35.9 Å². The normalized spacial score (nSPS) is 12.1. The number of phenols is 2. The molecule has 0 bridgehead atoms. The summed E-state index contributed by atoms with van der Waals surface area (Å²) in [6, 6.07) is 23.1. The van der Waals surface area contributed by atoms with Crippen molar-refractivity contribution in [3.8, 4) is 28.7 Å². The minimum atomic E-state index is -5.19. The van der Waals surface area contributed by atoms with Gasteiger partial charge in [-0.1, -0.05) is 90.1 Å². The molecule has 69 heavy (non-hydrogen) atoms. The van der Waals surface area contributed by atoms with E-state index >= 15 is 0 Å². The summed E-state index contributed by atoms with van der Waals surface area (Å²) in [4.78, 5) is 24.0. The molecule has 6 aromatic rings. The number of fused-ring (bicyclic) bond motifs is 2. The second-order valence-corrected chi connectivity index (χ2v) is 20.2. The number of hydrogen-bond donors (Lipinski definition) is 6. The van der Waals surface area contributed by atoms with E-state index in [4.69, 9.17) is 9.47 Å². The number of carbonyl (C=O) groups is 2. The summed E-state index contributed by atoms with van der Waals surface area (Å²) < 4.78 is 81.8. The Morgan fingerprint density at radius 2 is 1.38 bits per heavy atom. The summed E-state index contributed by atoms with van der Waals surface area (Å²) in [5.74, 6) is -1.45. The van der Waals surface area contributed by atoms with E-state index in [2.05, 4.69) is 80.6 Å². The van der Waals surface area contributed by atoms with Crippen molar-refractivity contribution in [2.24, 2.45) is 10.2 Å². The zero-order valence-electron chi connectivity index (χ0n) is 42.2. The third kappa shape index (κ3) is 13.2. The van der Waals surface area contributed by atoms with E-state index in [1.807, 2.05) is 0 Å².